The molecule has 0 aliphatic heterocycles. The molecule has 2 atom stereocenters. The number of carbonyl (C=O) groups is 1. The highest BCUT2D eigenvalue weighted by molar-refractivity contribution is 7.89. The van der Waals surface area contributed by atoms with Gasteiger partial charge >= 0.3 is 5.97 Å². The van der Waals surface area contributed by atoms with Crippen LogP contribution in [-0.4, -0.2) is 23.3 Å². The Labute approximate surface area is 151 Å². The summed E-state index contributed by atoms with van der Waals surface area (Å²) in [4.78, 5) is 13.8. The predicted molar refractivity (Wildman–Crippen MR) is 100 cm³/mol. The van der Waals surface area contributed by atoms with Gasteiger partial charge in [-0.15, -0.1) is 0 Å². The minimum atomic E-state index is -1.43. The maximum Gasteiger partial charge on any atom is 0.318 e. The molecule has 132 valence electrons. The number of hydrogen-bond donors (Lipinski definition) is 1. The summed E-state index contributed by atoms with van der Waals surface area (Å²) >= 11 is 0. The highest BCUT2D eigenvalue weighted by Gasteiger charge is 2.41. The van der Waals surface area contributed by atoms with E-state index < -0.39 is 22.2 Å². The van der Waals surface area contributed by atoms with Crippen LogP contribution in [0.5, 0.6) is 0 Å². The molecule has 2 aromatic rings. The van der Waals surface area contributed by atoms with Gasteiger partial charge in [0.1, 0.15) is 5.41 Å². The molecule has 4 nitrogen and oxygen atoms in total. The van der Waals surface area contributed by atoms with Crippen molar-refractivity contribution in [3.63, 3.8) is 0 Å². The summed E-state index contributed by atoms with van der Waals surface area (Å²) in [6.07, 6.45) is 0.161. The van der Waals surface area contributed by atoms with E-state index in [-0.39, 0.29) is 19.6 Å². The molecular formula is C20H23NO3S. The molecule has 0 bridgehead atoms. The van der Waals surface area contributed by atoms with Crippen LogP contribution in [-0.2, 0) is 25.7 Å². The molecule has 0 saturated heterocycles. The third-order valence-electron chi connectivity index (χ3n) is 4.06. The molecule has 5 heteroatoms. The summed E-state index contributed by atoms with van der Waals surface area (Å²) in [6.45, 7) is 6.01. The van der Waals surface area contributed by atoms with Crippen molar-refractivity contribution >= 4 is 16.8 Å². The summed E-state index contributed by atoms with van der Waals surface area (Å²) in [5.74, 6) is -0.421. The lowest BCUT2D eigenvalue weighted by Crippen LogP contribution is -2.44. The Morgan fingerprint density at radius 1 is 1.12 bits per heavy atom. The van der Waals surface area contributed by atoms with Gasteiger partial charge in [-0.1, -0.05) is 55.1 Å². The van der Waals surface area contributed by atoms with E-state index in [9.17, 15) is 9.00 Å². The van der Waals surface area contributed by atoms with Crippen molar-refractivity contribution in [2.75, 3.05) is 13.2 Å². The topological polar surface area (TPSA) is 69.4 Å². The van der Waals surface area contributed by atoms with Crippen molar-refractivity contribution in [1.29, 1.82) is 0 Å². The van der Waals surface area contributed by atoms with Crippen molar-refractivity contribution in [2.24, 2.45) is 5.73 Å². The number of benzene rings is 2. The van der Waals surface area contributed by atoms with Gasteiger partial charge in [-0.2, -0.15) is 0 Å². The number of carbonyl (C=O) groups excluding carboxylic acids is 1. The normalized spacial score (nSPS) is 14.3. The first-order valence-corrected chi connectivity index (χ1v) is 9.27. The van der Waals surface area contributed by atoms with Crippen molar-refractivity contribution in [2.45, 2.75) is 23.7 Å². The third kappa shape index (κ3) is 4.24. The van der Waals surface area contributed by atoms with Gasteiger partial charge in [-0.05, 0) is 24.6 Å². The van der Waals surface area contributed by atoms with E-state index in [1.54, 1.807) is 19.1 Å². The Hall–Kier alpha value is -2.24. The molecule has 2 rings (SSSR count). The average molecular weight is 357 g/mol. The first-order chi connectivity index (χ1) is 12.0. The minimum Gasteiger partial charge on any atom is -0.465 e. The van der Waals surface area contributed by atoms with Gasteiger partial charge in [0.25, 0.3) is 0 Å². The molecule has 2 unspecified atom stereocenters. The number of allylic oxidation sites excluding steroid dienone is 1. The fourth-order valence-electron chi connectivity index (χ4n) is 2.70. The van der Waals surface area contributed by atoms with E-state index in [1.807, 2.05) is 48.5 Å². The van der Waals surface area contributed by atoms with Gasteiger partial charge in [0.05, 0.1) is 17.4 Å². The zero-order chi connectivity index (χ0) is 18.3. The molecule has 0 spiro atoms. The van der Waals surface area contributed by atoms with E-state index in [1.165, 1.54) is 0 Å². The van der Waals surface area contributed by atoms with E-state index in [0.29, 0.717) is 9.80 Å². The molecule has 0 aliphatic carbocycles. The Morgan fingerprint density at radius 2 is 1.68 bits per heavy atom. The van der Waals surface area contributed by atoms with Crippen molar-refractivity contribution in [3.05, 3.63) is 77.7 Å². The maximum absolute atomic E-state index is 12.8. The average Bonchev–Trinajstić information content (AvgIpc) is 2.67. The van der Waals surface area contributed by atoms with Crippen LogP contribution in [0.15, 0.2) is 77.0 Å². The quantitative estimate of drug-likeness (QED) is 0.737. The zero-order valence-corrected chi connectivity index (χ0v) is 15.1. The van der Waals surface area contributed by atoms with Crippen LogP contribution in [0.1, 0.15) is 18.9 Å². The van der Waals surface area contributed by atoms with Crippen LogP contribution in [0.2, 0.25) is 0 Å². The molecule has 2 aromatic carbocycles. The highest BCUT2D eigenvalue weighted by Crippen LogP contribution is 2.34. The van der Waals surface area contributed by atoms with Gasteiger partial charge in [-0.3, -0.25) is 4.79 Å². The Kier molecular flexibility index (Phi) is 6.67. The number of ether oxygens (including phenoxy) is 1. The molecular weight excluding hydrogens is 334 g/mol. The lowest BCUT2D eigenvalue weighted by atomic mass is 9.77. The van der Waals surface area contributed by atoms with Crippen LogP contribution in [0.25, 0.3) is 0 Å². The first kappa shape index (κ1) is 19.1. The van der Waals surface area contributed by atoms with E-state index in [2.05, 4.69) is 6.58 Å². The molecule has 0 fully saturated rings. The lowest BCUT2D eigenvalue weighted by Gasteiger charge is -2.31. The molecule has 0 saturated carbocycles. The molecule has 0 amide bonds. The van der Waals surface area contributed by atoms with E-state index >= 15 is 0 Å². The number of esters is 1. The van der Waals surface area contributed by atoms with E-state index in [0.717, 1.165) is 5.56 Å². The van der Waals surface area contributed by atoms with Gasteiger partial charge < -0.3 is 10.5 Å². The lowest BCUT2D eigenvalue weighted by molar-refractivity contribution is -0.149. The summed E-state index contributed by atoms with van der Waals surface area (Å²) in [5.41, 5.74) is 5.66. The van der Waals surface area contributed by atoms with Crippen LogP contribution >= 0.6 is 0 Å². The van der Waals surface area contributed by atoms with Gasteiger partial charge in [0.2, 0.25) is 0 Å². The predicted octanol–water partition coefficient (Wildman–Crippen LogP) is 3.16. The zero-order valence-electron chi connectivity index (χ0n) is 14.3. The van der Waals surface area contributed by atoms with Crippen LogP contribution in [0.3, 0.4) is 0 Å². The highest BCUT2D eigenvalue weighted by atomic mass is 32.2. The Bertz CT molecular complexity index is 746. The van der Waals surface area contributed by atoms with Crippen LogP contribution in [0.4, 0.5) is 0 Å². The summed E-state index contributed by atoms with van der Waals surface area (Å²) in [5, 5.41) is 0. The minimum absolute atomic E-state index is 0.0425. The van der Waals surface area contributed by atoms with Crippen LogP contribution in [0, 0.1) is 0 Å². The fraction of sp³-hybridized carbons (Fsp3) is 0.250. The standard InChI is InChI=1S/C20H23NO3S/c1-3-24-19(22)20(15-21,17-10-6-4-7-11-17)14-16(2)25(23)18-12-8-5-9-13-18/h4-13H,2-3,14-15,21H2,1H3. The number of rotatable bonds is 8. The Balaban J connectivity index is 2.37. The van der Waals surface area contributed by atoms with Crippen molar-refractivity contribution in [1.82, 2.24) is 0 Å². The largest absolute Gasteiger partial charge is 0.465 e. The molecule has 25 heavy (non-hydrogen) atoms. The summed E-state index contributed by atoms with van der Waals surface area (Å²) < 4.78 is 18.0. The molecule has 0 aliphatic rings. The molecule has 0 heterocycles. The maximum atomic E-state index is 12.8. The number of hydrogen-bond acceptors (Lipinski definition) is 4. The van der Waals surface area contributed by atoms with E-state index in [4.69, 9.17) is 10.5 Å². The summed E-state index contributed by atoms with van der Waals surface area (Å²) in [6, 6.07) is 18.3. The first-order valence-electron chi connectivity index (χ1n) is 8.12. The number of nitrogens with two attached hydrogens (primary N) is 1. The second-order valence-corrected chi connectivity index (χ2v) is 7.26. The molecule has 2 N–H and O–H groups in total. The molecule has 0 radical (unpaired) electrons. The Morgan fingerprint density at radius 3 is 2.20 bits per heavy atom. The second-order valence-electron chi connectivity index (χ2n) is 5.67. The monoisotopic (exact) mass is 357 g/mol. The van der Waals surface area contributed by atoms with Crippen LogP contribution < -0.4 is 5.73 Å². The van der Waals surface area contributed by atoms with Crippen molar-refractivity contribution < 1.29 is 13.7 Å². The smallest absolute Gasteiger partial charge is 0.318 e. The second kappa shape index (κ2) is 8.74. The van der Waals surface area contributed by atoms with Gasteiger partial charge in [0.15, 0.2) is 0 Å². The van der Waals surface area contributed by atoms with Crippen molar-refractivity contribution in [3.8, 4) is 0 Å². The fourth-order valence-corrected chi connectivity index (χ4v) is 3.82. The SMILES string of the molecule is C=C(CC(CN)(C(=O)OCC)c1ccccc1)S(=O)c1ccccc1. The molecule has 0 aromatic heterocycles. The van der Waals surface area contributed by atoms with Gasteiger partial charge in [0, 0.05) is 22.8 Å². The third-order valence-corrected chi connectivity index (χ3v) is 5.43. The van der Waals surface area contributed by atoms with Gasteiger partial charge in [-0.25, -0.2) is 4.21 Å². The summed E-state index contributed by atoms with van der Waals surface area (Å²) in [7, 11) is -1.43.